The molecule has 2 aliphatic carbocycles. The molecular weight excluding hydrogens is 562 g/mol. The molecule has 1 saturated carbocycles. The predicted molar refractivity (Wildman–Crippen MR) is 175 cm³/mol. The minimum absolute atomic E-state index is 0.171. The Bertz CT molecular complexity index is 1750. The first-order valence-corrected chi connectivity index (χ1v) is 16.4. The Morgan fingerprint density at radius 1 is 0.978 bits per heavy atom. The Kier molecular flexibility index (Phi) is 7.90. The van der Waals surface area contributed by atoms with Gasteiger partial charge in [0.2, 0.25) is 5.91 Å². The maximum absolute atomic E-state index is 12.5. The zero-order valence-corrected chi connectivity index (χ0v) is 26.4. The molecule has 45 heavy (non-hydrogen) atoms. The highest BCUT2D eigenvalue weighted by atomic mass is 16.5. The quantitative estimate of drug-likeness (QED) is 0.220. The molecule has 1 saturated heterocycles. The number of esters is 1. The summed E-state index contributed by atoms with van der Waals surface area (Å²) < 4.78 is 6.90. The Labute approximate surface area is 264 Å². The van der Waals surface area contributed by atoms with Gasteiger partial charge in [-0.2, -0.15) is 5.10 Å². The largest absolute Gasteiger partial charge is 0.462 e. The van der Waals surface area contributed by atoms with E-state index in [2.05, 4.69) is 58.6 Å². The predicted octanol–water partition coefficient (Wildman–Crippen LogP) is 6.94. The van der Waals surface area contributed by atoms with Gasteiger partial charge in [-0.15, -0.1) is 0 Å². The van der Waals surface area contributed by atoms with Gasteiger partial charge in [0.25, 0.3) is 0 Å². The number of aromatic nitrogens is 3. The SMILES string of the molecule is CCOC(=O)c1cnn(-c2cccc(-c3cccc4c3C(Nc3ccc(C5CCN(C(=O)C6CC6)CC5)cc3C)CC4)n2)c1C. The van der Waals surface area contributed by atoms with Crippen molar-refractivity contribution in [1.29, 1.82) is 0 Å². The zero-order chi connectivity index (χ0) is 31.1. The number of piperidine rings is 1. The first-order valence-electron chi connectivity index (χ1n) is 16.4. The van der Waals surface area contributed by atoms with Gasteiger partial charge in [0.05, 0.1) is 30.2 Å². The molecular formula is C37H41N5O3. The third kappa shape index (κ3) is 5.74. The van der Waals surface area contributed by atoms with Crippen molar-refractivity contribution < 1.29 is 14.3 Å². The molecule has 1 atom stereocenters. The van der Waals surface area contributed by atoms with Crippen molar-refractivity contribution in [3.8, 4) is 17.1 Å². The fourth-order valence-corrected chi connectivity index (χ4v) is 7.11. The first kappa shape index (κ1) is 29.3. The number of hydrogen-bond donors (Lipinski definition) is 1. The van der Waals surface area contributed by atoms with Gasteiger partial charge in [-0.05, 0) is 106 Å². The van der Waals surface area contributed by atoms with Gasteiger partial charge in [-0.1, -0.05) is 36.4 Å². The zero-order valence-electron chi connectivity index (χ0n) is 26.4. The summed E-state index contributed by atoms with van der Waals surface area (Å²) in [5.41, 5.74) is 9.57. The molecule has 1 N–H and O–H groups in total. The lowest BCUT2D eigenvalue weighted by Crippen LogP contribution is -2.38. The maximum atomic E-state index is 12.5. The van der Waals surface area contributed by atoms with Crippen LogP contribution >= 0.6 is 0 Å². The summed E-state index contributed by atoms with van der Waals surface area (Å²) in [6.45, 7) is 7.93. The summed E-state index contributed by atoms with van der Waals surface area (Å²) in [5.74, 6) is 1.48. The lowest BCUT2D eigenvalue weighted by atomic mass is 9.88. The molecule has 1 amide bonds. The average Bonchev–Trinajstić information content (AvgIpc) is 3.72. The third-order valence-electron chi connectivity index (χ3n) is 9.76. The van der Waals surface area contributed by atoms with Crippen molar-refractivity contribution in [2.75, 3.05) is 25.0 Å². The van der Waals surface area contributed by atoms with Crippen LogP contribution in [0, 0.1) is 19.8 Å². The van der Waals surface area contributed by atoms with E-state index in [1.807, 2.05) is 25.1 Å². The van der Waals surface area contributed by atoms with Gasteiger partial charge in [0.1, 0.15) is 5.56 Å². The maximum Gasteiger partial charge on any atom is 0.341 e. The Hall–Kier alpha value is -4.46. The summed E-state index contributed by atoms with van der Waals surface area (Å²) >= 11 is 0. The van der Waals surface area contributed by atoms with Crippen LogP contribution in [0.15, 0.2) is 60.8 Å². The summed E-state index contributed by atoms with van der Waals surface area (Å²) in [7, 11) is 0. The van der Waals surface area contributed by atoms with Gasteiger partial charge in [0, 0.05) is 30.3 Å². The van der Waals surface area contributed by atoms with Crippen molar-refractivity contribution in [3.63, 3.8) is 0 Å². The number of carbonyl (C=O) groups is 2. The second kappa shape index (κ2) is 12.1. The summed E-state index contributed by atoms with van der Waals surface area (Å²) in [6, 6.07) is 19.5. The number of benzene rings is 2. The van der Waals surface area contributed by atoms with Crippen LogP contribution in [0.25, 0.3) is 17.1 Å². The molecule has 2 aromatic heterocycles. The van der Waals surface area contributed by atoms with E-state index < -0.39 is 0 Å². The number of anilines is 1. The van der Waals surface area contributed by atoms with E-state index in [0.29, 0.717) is 41.4 Å². The van der Waals surface area contributed by atoms with Crippen LogP contribution < -0.4 is 5.32 Å². The van der Waals surface area contributed by atoms with Crippen molar-refractivity contribution in [2.24, 2.45) is 5.92 Å². The molecule has 1 unspecified atom stereocenters. The Morgan fingerprint density at radius 3 is 2.53 bits per heavy atom. The second-order valence-electron chi connectivity index (χ2n) is 12.7. The fraction of sp³-hybridized carbons (Fsp3) is 0.405. The molecule has 0 bridgehead atoms. The summed E-state index contributed by atoms with van der Waals surface area (Å²) in [4.78, 5) is 32.0. The molecule has 3 heterocycles. The lowest BCUT2D eigenvalue weighted by Gasteiger charge is -2.32. The Morgan fingerprint density at radius 2 is 1.78 bits per heavy atom. The number of fused-ring (bicyclic) bond motifs is 1. The minimum Gasteiger partial charge on any atom is -0.462 e. The lowest BCUT2D eigenvalue weighted by molar-refractivity contribution is -0.133. The van der Waals surface area contributed by atoms with Gasteiger partial charge >= 0.3 is 5.97 Å². The van der Waals surface area contributed by atoms with E-state index in [1.54, 1.807) is 17.8 Å². The molecule has 232 valence electrons. The molecule has 2 fully saturated rings. The first-order chi connectivity index (χ1) is 21.9. The average molecular weight is 604 g/mol. The number of aryl methyl sites for hydroxylation is 2. The van der Waals surface area contributed by atoms with Crippen LogP contribution in [0.4, 0.5) is 5.69 Å². The van der Waals surface area contributed by atoms with Crippen molar-refractivity contribution in [1.82, 2.24) is 19.7 Å². The van der Waals surface area contributed by atoms with Gasteiger partial charge in [0.15, 0.2) is 5.82 Å². The number of pyridine rings is 1. The number of amides is 1. The molecule has 8 nitrogen and oxygen atoms in total. The van der Waals surface area contributed by atoms with E-state index >= 15 is 0 Å². The van der Waals surface area contributed by atoms with Crippen LogP contribution in [-0.4, -0.2) is 51.2 Å². The van der Waals surface area contributed by atoms with Gasteiger partial charge < -0.3 is 15.0 Å². The molecule has 8 heteroatoms. The highest BCUT2D eigenvalue weighted by Gasteiger charge is 2.35. The third-order valence-corrected chi connectivity index (χ3v) is 9.76. The number of hydrogen-bond acceptors (Lipinski definition) is 6. The standard InChI is InChI=1S/C37H41N5O3/c1-4-45-37(44)30-22-38-42(24(30)3)34-10-6-9-32(40-34)29-8-5-7-26-13-16-33(35(26)29)39-31-15-14-28(21-23(31)2)25-17-19-41(20-18-25)36(43)27-11-12-27/h5-10,14-15,21-22,25,27,33,39H,4,11-13,16-20H2,1-3H3. The van der Waals surface area contributed by atoms with E-state index in [4.69, 9.17) is 9.72 Å². The molecule has 0 spiro atoms. The van der Waals surface area contributed by atoms with Gasteiger partial charge in [-0.25, -0.2) is 14.5 Å². The number of likely N-dealkylation sites (tertiary alicyclic amines) is 1. The number of ether oxygens (including phenoxy) is 1. The van der Waals surface area contributed by atoms with Crippen molar-refractivity contribution in [3.05, 3.63) is 94.3 Å². The molecule has 2 aromatic carbocycles. The molecule has 0 radical (unpaired) electrons. The monoisotopic (exact) mass is 603 g/mol. The molecule has 1 aliphatic heterocycles. The van der Waals surface area contributed by atoms with Crippen molar-refractivity contribution in [2.45, 2.75) is 71.3 Å². The second-order valence-corrected chi connectivity index (χ2v) is 12.7. The van der Waals surface area contributed by atoms with Crippen LogP contribution in [-0.2, 0) is 16.0 Å². The minimum atomic E-state index is -0.374. The van der Waals surface area contributed by atoms with E-state index in [0.717, 1.165) is 68.6 Å². The molecule has 7 rings (SSSR count). The Balaban J connectivity index is 1.10. The van der Waals surface area contributed by atoms with E-state index in [9.17, 15) is 9.59 Å². The molecule has 4 aromatic rings. The number of rotatable bonds is 8. The number of carbonyl (C=O) groups excluding carboxylic acids is 2. The smallest absolute Gasteiger partial charge is 0.341 e. The molecule has 3 aliphatic rings. The van der Waals surface area contributed by atoms with Crippen LogP contribution in [0.3, 0.4) is 0 Å². The summed E-state index contributed by atoms with van der Waals surface area (Å²) in [5, 5.41) is 8.34. The number of nitrogens with one attached hydrogen (secondary N) is 1. The van der Waals surface area contributed by atoms with Crippen LogP contribution in [0.5, 0.6) is 0 Å². The van der Waals surface area contributed by atoms with Gasteiger partial charge in [-0.3, -0.25) is 4.79 Å². The highest BCUT2D eigenvalue weighted by Crippen LogP contribution is 2.41. The van der Waals surface area contributed by atoms with Crippen LogP contribution in [0.1, 0.15) is 89.3 Å². The van der Waals surface area contributed by atoms with E-state index in [-0.39, 0.29) is 12.0 Å². The van der Waals surface area contributed by atoms with E-state index in [1.165, 1.54) is 22.3 Å². The highest BCUT2D eigenvalue weighted by molar-refractivity contribution is 5.90. The summed E-state index contributed by atoms with van der Waals surface area (Å²) in [6.07, 6.45) is 7.81. The normalized spacial score (nSPS) is 18.1. The fourth-order valence-electron chi connectivity index (χ4n) is 7.11. The topological polar surface area (TPSA) is 89.4 Å². The number of nitrogens with zero attached hydrogens (tertiary/aromatic N) is 4. The van der Waals surface area contributed by atoms with Crippen molar-refractivity contribution >= 4 is 17.6 Å². The van der Waals surface area contributed by atoms with Crippen LogP contribution in [0.2, 0.25) is 0 Å².